The minimum atomic E-state index is -0.670. The van der Waals surface area contributed by atoms with Crippen molar-refractivity contribution in [1.29, 1.82) is 0 Å². The van der Waals surface area contributed by atoms with Crippen molar-refractivity contribution in [2.45, 2.75) is 6.92 Å². The Kier molecular flexibility index (Phi) is 5.73. The number of piperazine rings is 1. The summed E-state index contributed by atoms with van der Waals surface area (Å²) in [4.78, 5) is 47.4. The standard InChI is InChI=1S/C24H23N7O4/c1-16-26-15-30(27-16)23-22-21(20(35-2)12-25-23)18(19(33)14-32)13-31(22)29-10-8-28(9-11-29)24(34)17-6-4-3-5-7-17/h3-7,12-15H,8-11H2,1-2H3. The van der Waals surface area contributed by atoms with E-state index in [1.54, 1.807) is 41.2 Å². The molecular weight excluding hydrogens is 450 g/mol. The second-order valence-corrected chi connectivity index (χ2v) is 8.09. The van der Waals surface area contributed by atoms with E-state index in [0.29, 0.717) is 60.0 Å². The molecule has 4 heterocycles. The predicted molar refractivity (Wildman–Crippen MR) is 127 cm³/mol. The van der Waals surface area contributed by atoms with E-state index in [4.69, 9.17) is 4.74 Å². The quantitative estimate of drug-likeness (QED) is 0.235. The number of ether oxygens (including phenoxy) is 1. The van der Waals surface area contributed by atoms with Crippen molar-refractivity contribution < 1.29 is 19.1 Å². The molecule has 1 aliphatic rings. The van der Waals surface area contributed by atoms with Gasteiger partial charge in [0.15, 0.2) is 12.1 Å². The molecule has 0 unspecified atom stereocenters. The highest BCUT2D eigenvalue weighted by molar-refractivity contribution is 6.37. The lowest BCUT2D eigenvalue weighted by Crippen LogP contribution is -2.52. The molecule has 0 N–H and O–H groups in total. The maximum Gasteiger partial charge on any atom is 0.253 e. The number of pyridine rings is 1. The van der Waals surface area contributed by atoms with Gasteiger partial charge in [-0.3, -0.25) is 19.1 Å². The van der Waals surface area contributed by atoms with Crippen molar-refractivity contribution in [1.82, 2.24) is 29.3 Å². The molecule has 5 rings (SSSR count). The number of aryl methyl sites for hydroxylation is 1. The molecule has 0 radical (unpaired) electrons. The molecule has 3 aromatic heterocycles. The Bertz CT molecular complexity index is 1420. The Morgan fingerprint density at radius 2 is 1.80 bits per heavy atom. The summed E-state index contributed by atoms with van der Waals surface area (Å²) in [7, 11) is 1.48. The third kappa shape index (κ3) is 3.90. The Hall–Kier alpha value is -4.54. The molecule has 1 saturated heterocycles. The van der Waals surface area contributed by atoms with Crippen molar-refractivity contribution >= 4 is 28.9 Å². The number of Topliss-reactive ketones (excluding diaryl/α,β-unsaturated/α-hetero) is 1. The SMILES string of the molecule is COc1cnc(-n2cnc(C)n2)c2c1c(C(=O)C=O)cn2N1CCN(C(=O)c2ccccc2)CC1. The number of hydrogen-bond acceptors (Lipinski definition) is 8. The lowest BCUT2D eigenvalue weighted by molar-refractivity contribution is -0.104. The first-order valence-corrected chi connectivity index (χ1v) is 11.1. The molecule has 0 bridgehead atoms. The summed E-state index contributed by atoms with van der Waals surface area (Å²) in [5.74, 6) is 0.668. The summed E-state index contributed by atoms with van der Waals surface area (Å²) < 4.78 is 8.83. The predicted octanol–water partition coefficient (Wildman–Crippen LogP) is 1.41. The van der Waals surface area contributed by atoms with Gasteiger partial charge in [-0.25, -0.2) is 14.6 Å². The van der Waals surface area contributed by atoms with Gasteiger partial charge in [-0.05, 0) is 19.1 Å². The molecule has 4 aromatic rings. The van der Waals surface area contributed by atoms with Crippen LogP contribution in [-0.4, -0.2) is 80.6 Å². The summed E-state index contributed by atoms with van der Waals surface area (Å²) in [5.41, 5.74) is 1.40. The Labute approximate surface area is 200 Å². The van der Waals surface area contributed by atoms with Crippen molar-refractivity contribution in [3.63, 3.8) is 0 Å². The second-order valence-electron chi connectivity index (χ2n) is 8.09. The second kappa shape index (κ2) is 9.01. The van der Waals surface area contributed by atoms with Gasteiger partial charge in [-0.2, -0.15) is 5.10 Å². The molecule has 178 valence electrons. The smallest absolute Gasteiger partial charge is 0.253 e. The van der Waals surface area contributed by atoms with Gasteiger partial charge in [0.25, 0.3) is 5.91 Å². The highest BCUT2D eigenvalue weighted by Gasteiger charge is 2.28. The van der Waals surface area contributed by atoms with Crippen LogP contribution in [0.4, 0.5) is 0 Å². The van der Waals surface area contributed by atoms with Gasteiger partial charge >= 0.3 is 0 Å². The van der Waals surface area contributed by atoms with E-state index in [0.717, 1.165) is 0 Å². The molecule has 1 aliphatic heterocycles. The summed E-state index contributed by atoms with van der Waals surface area (Å²) in [6.07, 6.45) is 4.94. The summed E-state index contributed by atoms with van der Waals surface area (Å²) in [6, 6.07) is 9.16. The summed E-state index contributed by atoms with van der Waals surface area (Å²) in [5, 5.41) is 6.85. The van der Waals surface area contributed by atoms with Crippen molar-refractivity contribution in [3.05, 3.63) is 66.0 Å². The zero-order valence-electron chi connectivity index (χ0n) is 19.3. The minimum Gasteiger partial charge on any atom is -0.494 e. The molecule has 0 atom stereocenters. The number of aldehydes is 1. The lowest BCUT2D eigenvalue weighted by Gasteiger charge is -2.37. The third-order valence-corrected chi connectivity index (χ3v) is 6.03. The van der Waals surface area contributed by atoms with Crippen molar-refractivity contribution in [2.75, 3.05) is 38.3 Å². The van der Waals surface area contributed by atoms with Gasteiger partial charge in [-0.15, -0.1) is 0 Å². The van der Waals surface area contributed by atoms with Crippen LogP contribution in [0.5, 0.6) is 5.75 Å². The number of rotatable bonds is 6. The van der Waals surface area contributed by atoms with Crippen LogP contribution < -0.4 is 9.75 Å². The normalized spacial score (nSPS) is 13.8. The molecule has 1 amide bonds. The number of amides is 1. The molecule has 35 heavy (non-hydrogen) atoms. The van der Waals surface area contributed by atoms with E-state index in [1.165, 1.54) is 18.0 Å². The van der Waals surface area contributed by atoms with Gasteiger partial charge < -0.3 is 14.6 Å². The number of fused-ring (bicyclic) bond motifs is 1. The lowest BCUT2D eigenvalue weighted by atomic mass is 10.1. The molecule has 0 spiro atoms. The molecule has 0 saturated carbocycles. The van der Waals surface area contributed by atoms with E-state index in [2.05, 4.69) is 15.1 Å². The topological polar surface area (TPSA) is 115 Å². The van der Waals surface area contributed by atoms with Crippen LogP contribution >= 0.6 is 0 Å². The van der Waals surface area contributed by atoms with Gasteiger partial charge in [0, 0.05) is 24.8 Å². The molecule has 11 heteroatoms. The fourth-order valence-electron chi connectivity index (χ4n) is 4.32. The summed E-state index contributed by atoms with van der Waals surface area (Å²) >= 11 is 0. The number of hydrogen-bond donors (Lipinski definition) is 0. The van der Waals surface area contributed by atoms with E-state index in [1.807, 2.05) is 23.2 Å². The van der Waals surface area contributed by atoms with Crippen LogP contribution in [0, 0.1) is 6.92 Å². The number of carbonyl (C=O) groups is 3. The van der Waals surface area contributed by atoms with Crippen LogP contribution in [0.1, 0.15) is 26.5 Å². The molecule has 11 nitrogen and oxygen atoms in total. The molecule has 1 fully saturated rings. The van der Waals surface area contributed by atoms with Crippen LogP contribution in [0.2, 0.25) is 0 Å². The first kappa shape index (κ1) is 22.3. The first-order chi connectivity index (χ1) is 17.0. The monoisotopic (exact) mass is 473 g/mol. The average Bonchev–Trinajstić information content (AvgIpc) is 3.52. The average molecular weight is 473 g/mol. The Morgan fingerprint density at radius 3 is 2.43 bits per heavy atom. The van der Waals surface area contributed by atoms with Gasteiger partial charge in [0.2, 0.25) is 5.78 Å². The highest BCUT2D eigenvalue weighted by Crippen LogP contribution is 2.34. The Balaban J connectivity index is 1.57. The number of methoxy groups -OCH3 is 1. The van der Waals surface area contributed by atoms with E-state index in [-0.39, 0.29) is 17.8 Å². The fraction of sp³-hybridized carbons (Fsp3) is 0.250. The Morgan fingerprint density at radius 1 is 1.06 bits per heavy atom. The van der Waals surface area contributed by atoms with Gasteiger partial charge in [0.05, 0.1) is 37.3 Å². The van der Waals surface area contributed by atoms with E-state index >= 15 is 0 Å². The zero-order valence-corrected chi connectivity index (χ0v) is 19.3. The third-order valence-electron chi connectivity index (χ3n) is 6.03. The largest absolute Gasteiger partial charge is 0.494 e. The maximum atomic E-state index is 12.9. The number of benzene rings is 1. The number of carbonyl (C=O) groups excluding carboxylic acids is 3. The fourth-order valence-corrected chi connectivity index (χ4v) is 4.32. The van der Waals surface area contributed by atoms with E-state index < -0.39 is 5.78 Å². The summed E-state index contributed by atoms with van der Waals surface area (Å²) in [6.45, 7) is 3.74. The van der Waals surface area contributed by atoms with Crippen molar-refractivity contribution in [3.8, 4) is 11.6 Å². The maximum absolute atomic E-state index is 12.9. The number of ketones is 1. The molecule has 1 aromatic carbocycles. The van der Waals surface area contributed by atoms with E-state index in [9.17, 15) is 14.4 Å². The van der Waals surface area contributed by atoms with Gasteiger partial charge in [-0.1, -0.05) is 18.2 Å². The molecular formula is C24H23N7O4. The zero-order chi connectivity index (χ0) is 24.5. The van der Waals surface area contributed by atoms with Crippen LogP contribution in [0.15, 0.2) is 49.1 Å². The molecule has 0 aliphatic carbocycles. The minimum absolute atomic E-state index is 0.0263. The first-order valence-electron chi connectivity index (χ1n) is 11.1. The van der Waals surface area contributed by atoms with Crippen LogP contribution in [0.3, 0.4) is 0 Å². The van der Waals surface area contributed by atoms with Crippen LogP contribution in [0.25, 0.3) is 16.7 Å². The van der Waals surface area contributed by atoms with Crippen molar-refractivity contribution in [2.24, 2.45) is 0 Å². The van der Waals surface area contributed by atoms with Crippen LogP contribution in [-0.2, 0) is 4.79 Å². The van der Waals surface area contributed by atoms with Gasteiger partial charge in [0.1, 0.15) is 23.4 Å². The highest BCUT2D eigenvalue weighted by atomic mass is 16.5. The number of nitrogens with zero attached hydrogens (tertiary/aromatic N) is 7. The number of aromatic nitrogens is 5.